The van der Waals surface area contributed by atoms with E-state index < -0.39 is 0 Å². The van der Waals surface area contributed by atoms with Crippen LogP contribution in [0.3, 0.4) is 0 Å². The lowest BCUT2D eigenvalue weighted by atomic mass is 10.1. The zero-order valence-electron chi connectivity index (χ0n) is 16.9. The quantitative estimate of drug-likeness (QED) is 0.152. The third-order valence-corrected chi connectivity index (χ3v) is 5.13. The SMILES string of the molecule is CCCCCCCC/C=C/CCCCCCCC[N+](C)(C)CC. The van der Waals surface area contributed by atoms with Crippen molar-refractivity contribution in [2.24, 2.45) is 0 Å². The fraction of sp³-hybridized carbons (Fsp3) is 0.909. The van der Waals surface area contributed by atoms with Crippen LogP contribution in [0, 0.1) is 0 Å². The molecule has 0 unspecified atom stereocenters. The molecule has 0 amide bonds. The lowest BCUT2D eigenvalue weighted by molar-refractivity contribution is -0.888. The number of hydrogen-bond donors (Lipinski definition) is 0. The summed E-state index contributed by atoms with van der Waals surface area (Å²) in [5.41, 5.74) is 0. The molecule has 0 radical (unpaired) electrons. The van der Waals surface area contributed by atoms with E-state index in [1.54, 1.807) is 0 Å². The lowest BCUT2D eigenvalue weighted by Crippen LogP contribution is -2.39. The summed E-state index contributed by atoms with van der Waals surface area (Å²) in [5.74, 6) is 0. The first-order valence-electron chi connectivity index (χ1n) is 10.6. The Morgan fingerprint density at radius 1 is 0.565 bits per heavy atom. The summed E-state index contributed by atoms with van der Waals surface area (Å²) in [5, 5.41) is 0. The average molecular weight is 325 g/mol. The molecule has 0 aliphatic rings. The highest BCUT2D eigenvalue weighted by Gasteiger charge is 2.09. The molecule has 0 atom stereocenters. The van der Waals surface area contributed by atoms with E-state index in [0.717, 1.165) is 0 Å². The molecule has 0 heterocycles. The van der Waals surface area contributed by atoms with Crippen LogP contribution in [0.2, 0.25) is 0 Å². The summed E-state index contributed by atoms with van der Waals surface area (Å²) in [4.78, 5) is 0. The summed E-state index contributed by atoms with van der Waals surface area (Å²) >= 11 is 0. The first kappa shape index (κ1) is 22.7. The first-order chi connectivity index (χ1) is 11.1. The highest BCUT2D eigenvalue weighted by atomic mass is 15.3. The molecule has 0 aliphatic heterocycles. The molecule has 0 spiro atoms. The minimum Gasteiger partial charge on any atom is -0.329 e. The van der Waals surface area contributed by atoms with E-state index in [2.05, 4.69) is 40.1 Å². The van der Waals surface area contributed by atoms with Gasteiger partial charge in [-0.15, -0.1) is 0 Å². The minimum absolute atomic E-state index is 1.18. The van der Waals surface area contributed by atoms with Gasteiger partial charge in [0.15, 0.2) is 0 Å². The van der Waals surface area contributed by atoms with Crippen molar-refractivity contribution >= 4 is 0 Å². The van der Waals surface area contributed by atoms with Gasteiger partial charge in [-0.2, -0.15) is 0 Å². The second kappa shape index (κ2) is 16.6. The molecule has 0 aliphatic carbocycles. The van der Waals surface area contributed by atoms with Crippen molar-refractivity contribution in [1.82, 2.24) is 0 Å². The molecule has 0 fully saturated rings. The largest absolute Gasteiger partial charge is 0.329 e. The summed E-state index contributed by atoms with van der Waals surface area (Å²) < 4.78 is 1.18. The van der Waals surface area contributed by atoms with Crippen LogP contribution < -0.4 is 0 Å². The average Bonchev–Trinajstić information content (AvgIpc) is 2.54. The molecule has 23 heavy (non-hydrogen) atoms. The van der Waals surface area contributed by atoms with Gasteiger partial charge in [0.2, 0.25) is 0 Å². The van der Waals surface area contributed by atoms with Crippen molar-refractivity contribution in [3.63, 3.8) is 0 Å². The number of hydrogen-bond acceptors (Lipinski definition) is 0. The van der Waals surface area contributed by atoms with Gasteiger partial charge in [0.05, 0.1) is 27.2 Å². The number of quaternary nitrogens is 1. The monoisotopic (exact) mass is 324 g/mol. The van der Waals surface area contributed by atoms with Gasteiger partial charge >= 0.3 is 0 Å². The fourth-order valence-electron chi connectivity index (χ4n) is 2.95. The Morgan fingerprint density at radius 3 is 1.48 bits per heavy atom. The fourth-order valence-corrected chi connectivity index (χ4v) is 2.95. The second-order valence-electron chi connectivity index (χ2n) is 7.91. The summed E-state index contributed by atoms with van der Waals surface area (Å²) in [6.07, 6.45) is 24.4. The molecule has 0 aromatic rings. The van der Waals surface area contributed by atoms with Crippen LogP contribution >= 0.6 is 0 Å². The van der Waals surface area contributed by atoms with Gasteiger partial charge in [0.1, 0.15) is 0 Å². The van der Waals surface area contributed by atoms with Crippen LogP contribution in [0.25, 0.3) is 0 Å². The summed E-state index contributed by atoms with van der Waals surface area (Å²) in [7, 11) is 4.69. The highest BCUT2D eigenvalue weighted by molar-refractivity contribution is 4.81. The van der Waals surface area contributed by atoms with E-state index in [4.69, 9.17) is 0 Å². The van der Waals surface area contributed by atoms with Gasteiger partial charge in [-0.3, -0.25) is 0 Å². The van der Waals surface area contributed by atoms with Crippen LogP contribution in [0.5, 0.6) is 0 Å². The van der Waals surface area contributed by atoms with Crippen LogP contribution in [0.4, 0.5) is 0 Å². The van der Waals surface area contributed by atoms with E-state index in [1.807, 2.05) is 0 Å². The van der Waals surface area contributed by atoms with Crippen molar-refractivity contribution in [2.45, 2.75) is 104 Å². The molecule has 0 N–H and O–H groups in total. The Labute approximate surface area is 148 Å². The minimum atomic E-state index is 1.18. The van der Waals surface area contributed by atoms with Crippen LogP contribution in [-0.4, -0.2) is 31.7 Å². The van der Waals surface area contributed by atoms with Gasteiger partial charge in [-0.25, -0.2) is 0 Å². The van der Waals surface area contributed by atoms with Crippen LogP contribution in [-0.2, 0) is 0 Å². The van der Waals surface area contributed by atoms with E-state index in [0.29, 0.717) is 0 Å². The smallest absolute Gasteiger partial charge is 0.0782 e. The standard InChI is InChI=1S/C22H46N/c1-5-7-8-9-10-11-12-13-14-15-16-17-18-19-20-21-22-23(3,4)6-2/h13-14H,5-12,15-22H2,1-4H3/q+1/b14-13+. The molecule has 138 valence electrons. The molecule has 0 rings (SSSR count). The maximum atomic E-state index is 2.42. The maximum Gasteiger partial charge on any atom is 0.0782 e. The lowest BCUT2D eigenvalue weighted by Gasteiger charge is -2.28. The number of nitrogens with zero attached hydrogens (tertiary/aromatic N) is 1. The van der Waals surface area contributed by atoms with Gasteiger partial charge in [0, 0.05) is 0 Å². The molecule has 1 nitrogen and oxygen atoms in total. The number of allylic oxidation sites excluding steroid dienone is 2. The molecule has 1 heteroatoms. The molecular formula is C22H46N+. The van der Waals surface area contributed by atoms with Crippen molar-refractivity contribution in [3.05, 3.63) is 12.2 Å². The van der Waals surface area contributed by atoms with E-state index >= 15 is 0 Å². The Balaban J connectivity index is 3.16. The zero-order chi connectivity index (χ0) is 17.2. The molecule has 0 bridgehead atoms. The third-order valence-electron chi connectivity index (χ3n) is 5.13. The molecular weight excluding hydrogens is 278 g/mol. The Kier molecular flexibility index (Phi) is 16.3. The second-order valence-corrected chi connectivity index (χ2v) is 7.91. The van der Waals surface area contributed by atoms with Gasteiger partial charge in [-0.1, -0.05) is 70.4 Å². The Morgan fingerprint density at radius 2 is 1.00 bits per heavy atom. The van der Waals surface area contributed by atoms with E-state index in [9.17, 15) is 0 Å². The van der Waals surface area contributed by atoms with Crippen molar-refractivity contribution < 1.29 is 4.48 Å². The van der Waals surface area contributed by atoms with Crippen LogP contribution in [0.15, 0.2) is 12.2 Å². The molecule has 0 aromatic heterocycles. The van der Waals surface area contributed by atoms with Crippen molar-refractivity contribution in [3.8, 4) is 0 Å². The Bertz CT molecular complexity index is 255. The zero-order valence-corrected chi connectivity index (χ0v) is 16.9. The summed E-state index contributed by atoms with van der Waals surface area (Å²) in [6, 6.07) is 0. The maximum absolute atomic E-state index is 2.42. The van der Waals surface area contributed by atoms with Gasteiger partial charge < -0.3 is 4.48 Å². The van der Waals surface area contributed by atoms with Crippen molar-refractivity contribution in [1.29, 1.82) is 0 Å². The predicted molar refractivity (Wildman–Crippen MR) is 107 cm³/mol. The molecule has 0 saturated carbocycles. The third kappa shape index (κ3) is 17.9. The first-order valence-corrected chi connectivity index (χ1v) is 10.6. The number of unbranched alkanes of at least 4 members (excludes halogenated alkanes) is 12. The van der Waals surface area contributed by atoms with Crippen LogP contribution in [0.1, 0.15) is 104 Å². The topological polar surface area (TPSA) is 0 Å². The number of rotatable bonds is 17. The molecule has 0 aromatic carbocycles. The summed E-state index contributed by atoms with van der Waals surface area (Å²) in [6.45, 7) is 7.18. The molecule has 0 saturated heterocycles. The highest BCUT2D eigenvalue weighted by Crippen LogP contribution is 2.10. The van der Waals surface area contributed by atoms with Crippen molar-refractivity contribution in [2.75, 3.05) is 27.2 Å². The predicted octanol–water partition coefficient (Wildman–Crippen LogP) is 7.12. The Hall–Kier alpha value is -0.300. The van der Waals surface area contributed by atoms with E-state index in [-0.39, 0.29) is 0 Å². The van der Waals surface area contributed by atoms with Gasteiger partial charge in [-0.05, 0) is 45.4 Å². The van der Waals surface area contributed by atoms with E-state index in [1.165, 1.54) is 107 Å². The normalized spacial score (nSPS) is 12.3. The van der Waals surface area contributed by atoms with Gasteiger partial charge in [0.25, 0.3) is 0 Å².